The number of carboxylic acid groups (broad SMARTS) is 1. The summed E-state index contributed by atoms with van der Waals surface area (Å²) >= 11 is 4.07. The number of carbonyl (C=O) groups is 4. The van der Waals surface area contributed by atoms with Crippen LogP contribution in [0, 0.1) is 5.92 Å². The van der Waals surface area contributed by atoms with Crippen molar-refractivity contribution in [2.75, 3.05) is 5.75 Å². The average molecular weight is 483 g/mol. The lowest BCUT2D eigenvalue weighted by Crippen LogP contribution is -2.60. The molecule has 0 saturated carbocycles. The van der Waals surface area contributed by atoms with Gasteiger partial charge in [0.1, 0.15) is 18.1 Å². The van der Waals surface area contributed by atoms with Crippen LogP contribution in [0.3, 0.4) is 0 Å². The molecule has 5 atom stereocenters. The molecule has 0 aliphatic carbocycles. The van der Waals surface area contributed by atoms with Crippen molar-refractivity contribution in [3.8, 4) is 0 Å². The van der Waals surface area contributed by atoms with E-state index in [1.165, 1.54) is 6.92 Å². The number of hydrogen-bond donors (Lipinski definition) is 7. The molecule has 1 aromatic rings. The third-order valence-electron chi connectivity index (χ3n) is 4.84. The fraction of sp³-hybridized carbons (Fsp3) is 0.545. The normalized spacial score (nSPS) is 15.6. The monoisotopic (exact) mass is 482 g/mol. The number of aliphatic hydroxyl groups is 1. The minimum atomic E-state index is -1.36. The predicted molar refractivity (Wildman–Crippen MR) is 127 cm³/mol. The Kier molecular flexibility index (Phi) is 11.9. The van der Waals surface area contributed by atoms with Crippen LogP contribution in [-0.2, 0) is 25.6 Å². The van der Waals surface area contributed by atoms with Crippen LogP contribution >= 0.6 is 12.6 Å². The molecule has 1 aromatic carbocycles. The molecular weight excluding hydrogens is 448 g/mol. The van der Waals surface area contributed by atoms with Gasteiger partial charge in [-0.05, 0) is 24.8 Å². The molecule has 0 spiro atoms. The molecule has 0 aliphatic heterocycles. The highest BCUT2D eigenvalue weighted by atomic mass is 32.1. The van der Waals surface area contributed by atoms with Gasteiger partial charge in [0.15, 0.2) is 0 Å². The van der Waals surface area contributed by atoms with Gasteiger partial charge in [0.25, 0.3) is 0 Å². The van der Waals surface area contributed by atoms with Gasteiger partial charge in [-0.1, -0.05) is 44.2 Å². The number of thiol groups is 1. The van der Waals surface area contributed by atoms with Crippen LogP contribution in [0.1, 0.15) is 32.8 Å². The maximum absolute atomic E-state index is 12.7. The topological polar surface area (TPSA) is 171 Å². The summed E-state index contributed by atoms with van der Waals surface area (Å²) in [5.74, 6) is -3.40. The summed E-state index contributed by atoms with van der Waals surface area (Å²) in [4.78, 5) is 49.3. The summed E-state index contributed by atoms with van der Waals surface area (Å²) < 4.78 is 0. The number of aliphatic carboxylic acids is 1. The Morgan fingerprint density at radius 2 is 1.52 bits per heavy atom. The molecule has 0 bridgehead atoms. The number of carboxylic acids is 1. The molecule has 0 fully saturated rings. The zero-order valence-electron chi connectivity index (χ0n) is 19.0. The molecule has 7 N–H and O–H groups in total. The van der Waals surface area contributed by atoms with Gasteiger partial charge in [-0.3, -0.25) is 14.4 Å². The van der Waals surface area contributed by atoms with Gasteiger partial charge >= 0.3 is 5.97 Å². The quantitative estimate of drug-likeness (QED) is 0.185. The molecule has 0 aromatic heterocycles. The minimum absolute atomic E-state index is 0.0508. The first-order chi connectivity index (χ1) is 15.5. The van der Waals surface area contributed by atoms with Crippen molar-refractivity contribution in [2.24, 2.45) is 11.7 Å². The molecule has 11 heteroatoms. The molecule has 33 heavy (non-hydrogen) atoms. The van der Waals surface area contributed by atoms with E-state index in [1.54, 1.807) is 30.3 Å². The Balaban J connectivity index is 2.83. The fourth-order valence-electron chi connectivity index (χ4n) is 3.06. The number of amides is 3. The second-order valence-electron chi connectivity index (χ2n) is 8.30. The lowest BCUT2D eigenvalue weighted by atomic mass is 10.0. The van der Waals surface area contributed by atoms with E-state index >= 15 is 0 Å². The van der Waals surface area contributed by atoms with E-state index < -0.39 is 54.0 Å². The number of benzene rings is 1. The van der Waals surface area contributed by atoms with Crippen LogP contribution in [0.5, 0.6) is 0 Å². The van der Waals surface area contributed by atoms with Crippen molar-refractivity contribution in [3.05, 3.63) is 35.9 Å². The first-order valence-corrected chi connectivity index (χ1v) is 11.3. The van der Waals surface area contributed by atoms with E-state index in [2.05, 4.69) is 28.6 Å². The molecule has 0 aliphatic rings. The smallest absolute Gasteiger partial charge is 0.326 e. The van der Waals surface area contributed by atoms with Gasteiger partial charge in [0, 0.05) is 12.2 Å². The number of hydrogen-bond acceptors (Lipinski definition) is 7. The summed E-state index contributed by atoms with van der Waals surface area (Å²) in [6.07, 6.45) is -0.830. The number of rotatable bonds is 13. The van der Waals surface area contributed by atoms with Crippen molar-refractivity contribution in [1.82, 2.24) is 16.0 Å². The Bertz CT molecular complexity index is 805. The molecule has 0 heterocycles. The predicted octanol–water partition coefficient (Wildman–Crippen LogP) is -0.548. The van der Waals surface area contributed by atoms with Crippen molar-refractivity contribution in [2.45, 2.75) is 63.9 Å². The highest BCUT2D eigenvalue weighted by molar-refractivity contribution is 7.80. The van der Waals surface area contributed by atoms with E-state index in [0.29, 0.717) is 12.0 Å². The highest BCUT2D eigenvalue weighted by Gasteiger charge is 2.32. The second kappa shape index (κ2) is 13.8. The van der Waals surface area contributed by atoms with Crippen LogP contribution < -0.4 is 21.7 Å². The van der Waals surface area contributed by atoms with Crippen LogP contribution in [0.15, 0.2) is 30.3 Å². The SMILES string of the molecule is CC(C)CC(N)C(=O)NC(C(=O)NC(CS)C(=O)NC(Cc1ccccc1)C(=O)O)C(C)O. The lowest BCUT2D eigenvalue weighted by molar-refractivity contribution is -0.142. The highest BCUT2D eigenvalue weighted by Crippen LogP contribution is 2.06. The zero-order valence-corrected chi connectivity index (χ0v) is 19.9. The average Bonchev–Trinajstić information content (AvgIpc) is 2.74. The first-order valence-electron chi connectivity index (χ1n) is 10.7. The number of nitrogens with one attached hydrogen (secondary N) is 3. The summed E-state index contributed by atoms with van der Waals surface area (Å²) in [7, 11) is 0. The van der Waals surface area contributed by atoms with Gasteiger partial charge in [-0.25, -0.2) is 4.79 Å². The number of aliphatic hydroxyl groups excluding tert-OH is 1. The van der Waals surface area contributed by atoms with Gasteiger partial charge in [-0.2, -0.15) is 12.6 Å². The first kappa shape index (κ1) is 28.4. The summed E-state index contributed by atoms with van der Waals surface area (Å²) in [6.45, 7) is 5.10. The third-order valence-corrected chi connectivity index (χ3v) is 5.20. The molecule has 1 rings (SSSR count). The summed E-state index contributed by atoms with van der Waals surface area (Å²) in [6, 6.07) is 4.13. The maximum atomic E-state index is 12.7. The van der Waals surface area contributed by atoms with E-state index in [4.69, 9.17) is 5.73 Å². The zero-order chi connectivity index (χ0) is 25.1. The van der Waals surface area contributed by atoms with Crippen LogP contribution in [0.2, 0.25) is 0 Å². The maximum Gasteiger partial charge on any atom is 0.326 e. The van der Waals surface area contributed by atoms with Gasteiger partial charge in [0.05, 0.1) is 12.1 Å². The van der Waals surface area contributed by atoms with Gasteiger partial charge in [-0.15, -0.1) is 0 Å². The van der Waals surface area contributed by atoms with Crippen molar-refractivity contribution in [3.63, 3.8) is 0 Å². The van der Waals surface area contributed by atoms with Crippen LogP contribution in [-0.4, -0.2) is 69.9 Å². The molecule has 3 amide bonds. The molecule has 184 valence electrons. The van der Waals surface area contributed by atoms with E-state index in [1.807, 2.05) is 13.8 Å². The van der Waals surface area contributed by atoms with E-state index in [9.17, 15) is 29.4 Å². The van der Waals surface area contributed by atoms with Crippen molar-refractivity contribution >= 4 is 36.3 Å². The minimum Gasteiger partial charge on any atom is -0.480 e. The Labute approximate surface area is 199 Å². The number of carbonyl (C=O) groups excluding carboxylic acids is 3. The lowest BCUT2D eigenvalue weighted by Gasteiger charge is -2.26. The van der Waals surface area contributed by atoms with Crippen LogP contribution in [0.4, 0.5) is 0 Å². The van der Waals surface area contributed by atoms with Gasteiger partial charge < -0.3 is 31.9 Å². The molecule has 0 saturated heterocycles. The Morgan fingerprint density at radius 3 is 2.00 bits per heavy atom. The largest absolute Gasteiger partial charge is 0.480 e. The molecular formula is C22H34N4O6S. The summed E-state index contributed by atoms with van der Waals surface area (Å²) in [5, 5.41) is 26.7. The summed E-state index contributed by atoms with van der Waals surface area (Å²) in [5.41, 5.74) is 6.55. The van der Waals surface area contributed by atoms with Crippen molar-refractivity contribution in [1.29, 1.82) is 0 Å². The van der Waals surface area contributed by atoms with E-state index in [0.717, 1.165) is 0 Å². The van der Waals surface area contributed by atoms with Gasteiger partial charge in [0.2, 0.25) is 17.7 Å². The standard InChI is InChI=1S/C22H34N4O6S/c1-12(2)9-15(23)19(28)26-18(13(3)27)21(30)25-17(11-33)20(29)24-16(22(31)32)10-14-7-5-4-6-8-14/h4-8,12-13,15-18,27,33H,9-11,23H2,1-3H3,(H,24,29)(H,25,30)(H,26,28)(H,31,32). The number of nitrogens with two attached hydrogens (primary N) is 1. The molecule has 10 nitrogen and oxygen atoms in total. The molecule has 5 unspecified atom stereocenters. The fourth-order valence-corrected chi connectivity index (χ4v) is 3.32. The van der Waals surface area contributed by atoms with E-state index in [-0.39, 0.29) is 18.1 Å². The van der Waals surface area contributed by atoms with Crippen molar-refractivity contribution < 1.29 is 29.4 Å². The Hall–Kier alpha value is -2.63. The third kappa shape index (κ3) is 9.80. The van der Waals surface area contributed by atoms with Crippen LogP contribution in [0.25, 0.3) is 0 Å². The second-order valence-corrected chi connectivity index (χ2v) is 8.66. The Morgan fingerprint density at radius 1 is 0.939 bits per heavy atom. The molecule has 0 radical (unpaired) electrons.